The zero-order chi connectivity index (χ0) is 14.0. The Morgan fingerprint density at radius 2 is 1.74 bits per heavy atom. The van der Waals surface area contributed by atoms with Gasteiger partial charge in [-0.05, 0) is 30.4 Å². The monoisotopic (exact) mass is 255 g/mol. The number of hydrogen-bond donors (Lipinski definition) is 1. The largest absolute Gasteiger partial charge is 0.368 e. The van der Waals surface area contributed by atoms with Crippen LogP contribution in [0.25, 0.3) is 11.3 Å². The number of hydrogen-bond acceptors (Lipinski definition) is 3. The average Bonchev–Trinajstić information content (AvgIpc) is 2.38. The Hall–Kier alpha value is -1.90. The molecule has 2 aromatic rings. The molecule has 100 valence electrons. The second-order valence-corrected chi connectivity index (χ2v) is 5.57. The van der Waals surface area contributed by atoms with Crippen LogP contribution in [-0.2, 0) is 5.41 Å². The zero-order valence-corrected chi connectivity index (χ0v) is 12.1. The number of nitrogens with two attached hydrogens (primary N) is 1. The second kappa shape index (κ2) is 5.00. The van der Waals surface area contributed by atoms with Gasteiger partial charge in [0.15, 0.2) is 0 Å². The van der Waals surface area contributed by atoms with E-state index in [-0.39, 0.29) is 5.41 Å². The van der Waals surface area contributed by atoms with E-state index >= 15 is 0 Å². The molecule has 1 aromatic carbocycles. The van der Waals surface area contributed by atoms with Crippen molar-refractivity contribution in [2.24, 2.45) is 0 Å². The summed E-state index contributed by atoms with van der Waals surface area (Å²) in [5.41, 5.74) is 10.1. The van der Waals surface area contributed by atoms with Crippen molar-refractivity contribution in [2.45, 2.75) is 39.5 Å². The fourth-order valence-electron chi connectivity index (χ4n) is 2.04. The SMILES string of the molecule is CCC(C)(C)c1ccc(-c2cc(C)nc(N)n2)cc1. The highest BCUT2D eigenvalue weighted by Gasteiger charge is 2.17. The summed E-state index contributed by atoms with van der Waals surface area (Å²) in [6.07, 6.45) is 1.12. The molecule has 3 heteroatoms. The van der Waals surface area contributed by atoms with Gasteiger partial charge >= 0.3 is 0 Å². The third-order valence-electron chi connectivity index (χ3n) is 3.72. The first kappa shape index (κ1) is 13.5. The molecule has 3 nitrogen and oxygen atoms in total. The molecule has 0 fully saturated rings. The molecule has 0 radical (unpaired) electrons. The molecule has 2 N–H and O–H groups in total. The van der Waals surface area contributed by atoms with E-state index in [9.17, 15) is 0 Å². The number of anilines is 1. The summed E-state index contributed by atoms with van der Waals surface area (Å²) in [4.78, 5) is 8.38. The van der Waals surface area contributed by atoms with Crippen molar-refractivity contribution in [3.8, 4) is 11.3 Å². The molecule has 19 heavy (non-hydrogen) atoms. The molecule has 0 aliphatic rings. The van der Waals surface area contributed by atoms with E-state index in [0.29, 0.717) is 5.95 Å². The van der Waals surface area contributed by atoms with Crippen molar-refractivity contribution in [2.75, 3.05) is 5.73 Å². The van der Waals surface area contributed by atoms with E-state index in [1.165, 1.54) is 5.56 Å². The first-order chi connectivity index (χ1) is 8.92. The normalized spacial score (nSPS) is 11.6. The van der Waals surface area contributed by atoms with E-state index in [1.54, 1.807) is 0 Å². The molecule has 0 aliphatic heterocycles. The first-order valence-corrected chi connectivity index (χ1v) is 6.64. The number of nitrogen functional groups attached to an aromatic ring is 1. The van der Waals surface area contributed by atoms with Gasteiger partial charge in [0, 0.05) is 11.3 Å². The van der Waals surface area contributed by atoms with Gasteiger partial charge in [0.25, 0.3) is 0 Å². The summed E-state index contributed by atoms with van der Waals surface area (Å²) >= 11 is 0. The number of aromatic nitrogens is 2. The van der Waals surface area contributed by atoms with Gasteiger partial charge in [0.1, 0.15) is 0 Å². The summed E-state index contributed by atoms with van der Waals surface area (Å²) in [6, 6.07) is 10.5. The zero-order valence-electron chi connectivity index (χ0n) is 12.1. The van der Waals surface area contributed by atoms with Crippen LogP contribution in [0, 0.1) is 6.92 Å². The van der Waals surface area contributed by atoms with Gasteiger partial charge < -0.3 is 5.73 Å². The minimum absolute atomic E-state index is 0.207. The molecule has 0 atom stereocenters. The van der Waals surface area contributed by atoms with Crippen LogP contribution >= 0.6 is 0 Å². The van der Waals surface area contributed by atoms with Crippen LogP contribution in [0.4, 0.5) is 5.95 Å². The minimum atomic E-state index is 0.207. The third kappa shape index (κ3) is 2.92. The Labute approximate surface area is 114 Å². The summed E-state index contributed by atoms with van der Waals surface area (Å²) in [6.45, 7) is 8.65. The van der Waals surface area contributed by atoms with E-state index in [0.717, 1.165) is 23.4 Å². The van der Waals surface area contributed by atoms with Crippen LogP contribution < -0.4 is 5.73 Å². The molecule has 0 amide bonds. The Balaban J connectivity index is 2.37. The Morgan fingerprint density at radius 3 is 2.26 bits per heavy atom. The fourth-order valence-corrected chi connectivity index (χ4v) is 2.04. The van der Waals surface area contributed by atoms with Crippen molar-refractivity contribution in [1.82, 2.24) is 9.97 Å². The molecule has 2 rings (SSSR count). The maximum Gasteiger partial charge on any atom is 0.220 e. The van der Waals surface area contributed by atoms with E-state index in [4.69, 9.17) is 5.73 Å². The summed E-state index contributed by atoms with van der Waals surface area (Å²) < 4.78 is 0. The van der Waals surface area contributed by atoms with Gasteiger partial charge in [-0.1, -0.05) is 45.0 Å². The van der Waals surface area contributed by atoms with Crippen molar-refractivity contribution in [3.05, 3.63) is 41.6 Å². The van der Waals surface area contributed by atoms with E-state index in [1.807, 2.05) is 13.0 Å². The Bertz CT molecular complexity index is 551. The fraction of sp³-hybridized carbons (Fsp3) is 0.375. The van der Waals surface area contributed by atoms with Crippen molar-refractivity contribution < 1.29 is 0 Å². The average molecular weight is 255 g/mol. The van der Waals surface area contributed by atoms with Gasteiger partial charge in [-0.25, -0.2) is 9.97 Å². The van der Waals surface area contributed by atoms with Crippen LogP contribution in [0.3, 0.4) is 0 Å². The molecule has 1 aromatic heterocycles. The second-order valence-electron chi connectivity index (χ2n) is 5.57. The maximum absolute atomic E-state index is 5.70. The number of rotatable bonds is 3. The lowest BCUT2D eigenvalue weighted by atomic mass is 9.82. The van der Waals surface area contributed by atoms with E-state index in [2.05, 4.69) is 55.0 Å². The van der Waals surface area contributed by atoms with E-state index < -0.39 is 0 Å². The quantitative estimate of drug-likeness (QED) is 0.909. The van der Waals surface area contributed by atoms with Crippen LogP contribution in [0.1, 0.15) is 38.4 Å². The van der Waals surface area contributed by atoms with Gasteiger partial charge in [-0.3, -0.25) is 0 Å². The summed E-state index contributed by atoms with van der Waals surface area (Å²) in [5.74, 6) is 0.327. The molecule has 0 saturated carbocycles. The predicted molar refractivity (Wildman–Crippen MR) is 79.9 cm³/mol. The van der Waals surface area contributed by atoms with Crippen LogP contribution in [0.15, 0.2) is 30.3 Å². The molecule has 0 aliphatic carbocycles. The standard InChI is InChI=1S/C16H21N3/c1-5-16(3,4)13-8-6-12(7-9-13)14-10-11(2)18-15(17)19-14/h6-10H,5H2,1-4H3,(H2,17,18,19). The van der Waals surface area contributed by atoms with Gasteiger partial charge in [0.05, 0.1) is 5.69 Å². The van der Waals surface area contributed by atoms with Crippen LogP contribution in [0.5, 0.6) is 0 Å². The molecular weight excluding hydrogens is 234 g/mol. The number of aryl methyl sites for hydroxylation is 1. The third-order valence-corrected chi connectivity index (χ3v) is 3.72. The first-order valence-electron chi connectivity index (χ1n) is 6.64. The Kier molecular flexibility index (Phi) is 3.56. The lowest BCUT2D eigenvalue weighted by molar-refractivity contribution is 0.506. The lowest BCUT2D eigenvalue weighted by Gasteiger charge is -2.23. The topological polar surface area (TPSA) is 51.8 Å². The lowest BCUT2D eigenvalue weighted by Crippen LogP contribution is -2.15. The molecule has 0 saturated heterocycles. The summed E-state index contributed by atoms with van der Waals surface area (Å²) in [7, 11) is 0. The maximum atomic E-state index is 5.70. The highest BCUT2D eigenvalue weighted by atomic mass is 15.0. The van der Waals surface area contributed by atoms with Gasteiger partial charge in [-0.15, -0.1) is 0 Å². The predicted octanol–water partition coefficient (Wildman–Crippen LogP) is 3.72. The highest BCUT2D eigenvalue weighted by molar-refractivity contribution is 5.61. The number of benzene rings is 1. The molecule has 0 bridgehead atoms. The Morgan fingerprint density at radius 1 is 1.11 bits per heavy atom. The summed E-state index contributed by atoms with van der Waals surface area (Å²) in [5, 5.41) is 0. The van der Waals surface area contributed by atoms with Crippen LogP contribution in [0.2, 0.25) is 0 Å². The smallest absolute Gasteiger partial charge is 0.220 e. The van der Waals surface area contributed by atoms with Crippen molar-refractivity contribution in [1.29, 1.82) is 0 Å². The van der Waals surface area contributed by atoms with Crippen molar-refractivity contribution in [3.63, 3.8) is 0 Å². The number of nitrogens with zero attached hydrogens (tertiary/aromatic N) is 2. The molecular formula is C16H21N3. The molecule has 0 spiro atoms. The van der Waals surface area contributed by atoms with Crippen molar-refractivity contribution >= 4 is 5.95 Å². The molecule has 0 unspecified atom stereocenters. The van der Waals surface area contributed by atoms with Crippen LogP contribution in [-0.4, -0.2) is 9.97 Å². The molecule has 1 heterocycles. The van der Waals surface area contributed by atoms with Gasteiger partial charge in [0.2, 0.25) is 5.95 Å². The highest BCUT2D eigenvalue weighted by Crippen LogP contribution is 2.28. The minimum Gasteiger partial charge on any atom is -0.368 e. The van der Waals surface area contributed by atoms with Gasteiger partial charge in [-0.2, -0.15) is 0 Å².